The molecule has 0 unspecified atom stereocenters. The molecule has 0 aliphatic carbocycles. The molecule has 3 heterocycles. The number of aromatic nitrogens is 5. The lowest BCUT2D eigenvalue weighted by atomic mass is 10.4. The third-order valence-corrected chi connectivity index (χ3v) is 3.87. The first-order valence-electron chi connectivity index (χ1n) is 6.52. The summed E-state index contributed by atoms with van der Waals surface area (Å²) in [6, 6.07) is 3.76. The van der Waals surface area contributed by atoms with Gasteiger partial charge in [-0.2, -0.15) is 15.0 Å². The van der Waals surface area contributed by atoms with Crippen molar-refractivity contribution in [2.24, 2.45) is 10.2 Å². The van der Waals surface area contributed by atoms with Crippen molar-refractivity contribution in [1.29, 1.82) is 5.26 Å². The molecule has 2 N–H and O–H groups in total. The van der Waals surface area contributed by atoms with Crippen LogP contribution in [0.1, 0.15) is 16.3 Å². The van der Waals surface area contributed by atoms with Crippen molar-refractivity contribution in [1.82, 2.24) is 24.7 Å². The van der Waals surface area contributed by atoms with Crippen LogP contribution in [0.2, 0.25) is 0 Å². The van der Waals surface area contributed by atoms with Crippen LogP contribution in [0.15, 0.2) is 28.7 Å². The van der Waals surface area contributed by atoms with Gasteiger partial charge in [0, 0.05) is 12.4 Å². The summed E-state index contributed by atoms with van der Waals surface area (Å²) in [5.41, 5.74) is 7.70. The Labute approximate surface area is 135 Å². The Kier molecular flexibility index (Phi) is 3.78. The second kappa shape index (κ2) is 5.90. The Morgan fingerprint density at radius 2 is 1.96 bits per heavy atom. The molecule has 0 aliphatic heterocycles. The lowest BCUT2D eigenvalue weighted by Crippen LogP contribution is -2.05. The first kappa shape index (κ1) is 14.7. The fourth-order valence-corrected chi connectivity index (χ4v) is 2.52. The van der Waals surface area contributed by atoms with Crippen LogP contribution in [0.4, 0.5) is 16.6 Å². The van der Waals surface area contributed by atoms with Gasteiger partial charge >= 0.3 is 0 Å². The number of nitrogens with zero attached hydrogens (tertiary/aromatic N) is 8. The maximum absolute atomic E-state index is 8.94. The molecule has 23 heavy (non-hydrogen) atoms. The first-order valence-corrected chi connectivity index (χ1v) is 7.33. The first-order chi connectivity index (χ1) is 11.1. The molecule has 9 nitrogen and oxygen atoms in total. The molecule has 0 spiro atoms. The van der Waals surface area contributed by atoms with Gasteiger partial charge < -0.3 is 5.73 Å². The molecule has 0 fully saturated rings. The van der Waals surface area contributed by atoms with E-state index in [2.05, 4.69) is 36.3 Å². The zero-order chi connectivity index (χ0) is 16.4. The second-order valence-corrected chi connectivity index (χ2v) is 5.48. The number of rotatable bonds is 3. The normalized spacial score (nSPS) is 11.0. The minimum atomic E-state index is 0.284. The molecular weight excluding hydrogens is 314 g/mol. The molecular formula is C13H11N9S. The average molecular weight is 325 g/mol. The molecule has 0 saturated carbocycles. The van der Waals surface area contributed by atoms with E-state index in [1.807, 2.05) is 0 Å². The van der Waals surface area contributed by atoms with Gasteiger partial charge in [-0.1, -0.05) is 11.3 Å². The second-order valence-electron chi connectivity index (χ2n) is 4.50. The van der Waals surface area contributed by atoms with E-state index in [1.54, 1.807) is 32.3 Å². The Morgan fingerprint density at radius 3 is 2.61 bits per heavy atom. The third-order valence-electron chi connectivity index (χ3n) is 2.93. The third kappa shape index (κ3) is 2.77. The Balaban J connectivity index is 1.96. The maximum atomic E-state index is 8.94. The van der Waals surface area contributed by atoms with Crippen LogP contribution in [0.25, 0.3) is 5.95 Å². The molecule has 3 aromatic rings. The number of anilines is 1. The predicted molar refractivity (Wildman–Crippen MR) is 84.0 cm³/mol. The van der Waals surface area contributed by atoms with Gasteiger partial charge in [0.2, 0.25) is 5.13 Å². The number of nitrogen functional groups attached to an aromatic ring is 1. The van der Waals surface area contributed by atoms with E-state index in [4.69, 9.17) is 11.0 Å². The fourth-order valence-electron chi connectivity index (χ4n) is 1.83. The van der Waals surface area contributed by atoms with Gasteiger partial charge in [0.1, 0.15) is 10.9 Å². The summed E-state index contributed by atoms with van der Waals surface area (Å²) in [7, 11) is 0. The SMILES string of the molecule is Cc1nc(N=Nc2c(C)nn(-c3ncccn3)c2N)sc1C#N. The van der Waals surface area contributed by atoms with E-state index < -0.39 is 0 Å². The molecule has 10 heteroatoms. The Bertz CT molecular complexity index is 917. The molecule has 0 amide bonds. The number of thiazole rings is 1. The predicted octanol–water partition coefficient (Wildman–Crippen LogP) is 2.60. The van der Waals surface area contributed by atoms with Gasteiger partial charge in [-0.25, -0.2) is 15.0 Å². The minimum Gasteiger partial charge on any atom is -0.382 e. The van der Waals surface area contributed by atoms with Crippen molar-refractivity contribution < 1.29 is 0 Å². The Morgan fingerprint density at radius 1 is 1.22 bits per heavy atom. The van der Waals surface area contributed by atoms with Gasteiger partial charge in [-0.05, 0) is 19.9 Å². The van der Waals surface area contributed by atoms with E-state index in [9.17, 15) is 0 Å². The van der Waals surface area contributed by atoms with E-state index in [-0.39, 0.29) is 5.82 Å². The molecule has 3 aromatic heterocycles. The largest absolute Gasteiger partial charge is 0.382 e. The van der Waals surface area contributed by atoms with Crippen LogP contribution in [-0.2, 0) is 0 Å². The molecule has 114 valence electrons. The lowest BCUT2D eigenvalue weighted by molar-refractivity contribution is 0.805. The van der Waals surface area contributed by atoms with Crippen molar-refractivity contribution in [3.8, 4) is 12.0 Å². The molecule has 0 saturated heterocycles. The number of aryl methyl sites for hydroxylation is 2. The van der Waals surface area contributed by atoms with Crippen LogP contribution in [0.5, 0.6) is 0 Å². The smallest absolute Gasteiger partial charge is 0.252 e. The Hall–Kier alpha value is -3.19. The van der Waals surface area contributed by atoms with Crippen molar-refractivity contribution >= 4 is 28.0 Å². The van der Waals surface area contributed by atoms with Crippen LogP contribution in [0, 0.1) is 25.2 Å². The van der Waals surface area contributed by atoms with Crippen LogP contribution in [0.3, 0.4) is 0 Å². The van der Waals surface area contributed by atoms with Crippen molar-refractivity contribution in [2.75, 3.05) is 5.73 Å². The average Bonchev–Trinajstić information content (AvgIpc) is 3.06. The van der Waals surface area contributed by atoms with Gasteiger partial charge in [0.25, 0.3) is 5.95 Å². The number of nitriles is 1. The standard InChI is InChI=1S/C13H11N9S/c1-7-9(6-14)23-13(18-7)20-19-10-8(2)21-22(11(10)15)12-16-4-3-5-17-12/h3-5H,15H2,1-2H3. The highest BCUT2D eigenvalue weighted by Crippen LogP contribution is 2.31. The molecule has 0 radical (unpaired) electrons. The quantitative estimate of drug-likeness (QED) is 0.736. The van der Waals surface area contributed by atoms with Crippen LogP contribution in [-0.4, -0.2) is 24.7 Å². The van der Waals surface area contributed by atoms with E-state index in [0.29, 0.717) is 33.0 Å². The summed E-state index contributed by atoms with van der Waals surface area (Å²) in [5.74, 6) is 0.637. The highest BCUT2D eigenvalue weighted by Gasteiger charge is 2.15. The summed E-state index contributed by atoms with van der Waals surface area (Å²) in [6.45, 7) is 3.51. The van der Waals surface area contributed by atoms with Crippen molar-refractivity contribution in [3.63, 3.8) is 0 Å². The molecule has 3 rings (SSSR count). The maximum Gasteiger partial charge on any atom is 0.252 e. The number of nitrogens with two attached hydrogens (primary N) is 1. The van der Waals surface area contributed by atoms with E-state index in [0.717, 1.165) is 0 Å². The number of azo groups is 1. The summed E-state index contributed by atoms with van der Waals surface area (Å²) >= 11 is 1.17. The fraction of sp³-hybridized carbons (Fsp3) is 0.154. The van der Waals surface area contributed by atoms with Crippen LogP contribution >= 0.6 is 11.3 Å². The van der Waals surface area contributed by atoms with Crippen LogP contribution < -0.4 is 5.73 Å². The topological polar surface area (TPSA) is 131 Å². The highest BCUT2D eigenvalue weighted by molar-refractivity contribution is 7.15. The molecule has 0 aromatic carbocycles. The van der Waals surface area contributed by atoms with Crippen molar-refractivity contribution in [2.45, 2.75) is 13.8 Å². The summed E-state index contributed by atoms with van der Waals surface area (Å²) < 4.78 is 1.40. The van der Waals surface area contributed by atoms with Gasteiger partial charge in [-0.15, -0.1) is 10.2 Å². The molecule has 0 atom stereocenters. The summed E-state index contributed by atoms with van der Waals surface area (Å²) in [4.78, 5) is 12.9. The zero-order valence-electron chi connectivity index (χ0n) is 12.3. The van der Waals surface area contributed by atoms with E-state index in [1.165, 1.54) is 16.0 Å². The van der Waals surface area contributed by atoms with Gasteiger partial charge in [0.15, 0.2) is 11.5 Å². The number of hydrogen-bond donors (Lipinski definition) is 1. The monoisotopic (exact) mass is 325 g/mol. The number of hydrogen-bond acceptors (Lipinski definition) is 9. The lowest BCUT2D eigenvalue weighted by Gasteiger charge is -1.99. The van der Waals surface area contributed by atoms with E-state index >= 15 is 0 Å². The summed E-state index contributed by atoms with van der Waals surface area (Å²) in [5, 5.41) is 21.8. The minimum absolute atomic E-state index is 0.284. The van der Waals surface area contributed by atoms with Crippen molar-refractivity contribution in [3.05, 3.63) is 34.7 Å². The summed E-state index contributed by atoms with van der Waals surface area (Å²) in [6.07, 6.45) is 3.20. The highest BCUT2D eigenvalue weighted by atomic mass is 32.1. The van der Waals surface area contributed by atoms with Gasteiger partial charge in [-0.3, -0.25) is 0 Å². The zero-order valence-corrected chi connectivity index (χ0v) is 13.1. The molecule has 0 aliphatic rings. The molecule has 0 bridgehead atoms. The van der Waals surface area contributed by atoms with Gasteiger partial charge in [0.05, 0.1) is 11.4 Å².